The number of carbonyl (C=O) groups excluding carboxylic acids is 1. The minimum Gasteiger partial charge on any atom is -0.379 e. The first-order valence-electron chi connectivity index (χ1n) is 7.28. The van der Waals surface area contributed by atoms with Crippen molar-refractivity contribution in [2.75, 3.05) is 20.3 Å². The highest BCUT2D eigenvalue weighted by Crippen LogP contribution is 2.22. The summed E-state index contributed by atoms with van der Waals surface area (Å²) in [4.78, 5) is 14.4. The molecule has 1 saturated heterocycles. The van der Waals surface area contributed by atoms with E-state index in [2.05, 4.69) is 18.2 Å². The van der Waals surface area contributed by atoms with Crippen LogP contribution in [0.25, 0.3) is 0 Å². The third-order valence-corrected chi connectivity index (χ3v) is 4.29. The van der Waals surface area contributed by atoms with E-state index in [1.165, 1.54) is 11.1 Å². The molecule has 0 saturated carbocycles. The van der Waals surface area contributed by atoms with Crippen molar-refractivity contribution in [1.29, 1.82) is 0 Å². The van der Waals surface area contributed by atoms with Crippen LogP contribution in [0.2, 0.25) is 0 Å². The highest BCUT2D eigenvalue weighted by atomic mass is 16.5. The van der Waals surface area contributed by atoms with Gasteiger partial charge in [0.05, 0.1) is 12.7 Å². The fourth-order valence-electron chi connectivity index (χ4n) is 3.00. The second kappa shape index (κ2) is 5.94. The van der Waals surface area contributed by atoms with E-state index in [0.29, 0.717) is 13.2 Å². The van der Waals surface area contributed by atoms with Crippen molar-refractivity contribution < 1.29 is 14.3 Å². The average Bonchev–Trinajstić information content (AvgIpc) is 2.54. The summed E-state index contributed by atoms with van der Waals surface area (Å²) in [6, 6.07) is 8.35. The van der Waals surface area contributed by atoms with E-state index in [1.807, 2.05) is 11.0 Å². The number of rotatable bonds is 2. The Hall–Kier alpha value is -1.39. The summed E-state index contributed by atoms with van der Waals surface area (Å²) in [7, 11) is 1.69. The highest BCUT2D eigenvalue weighted by Gasteiger charge is 2.31. The molecule has 4 heteroatoms. The molecule has 0 aliphatic carbocycles. The first-order chi connectivity index (χ1) is 9.78. The summed E-state index contributed by atoms with van der Waals surface area (Å²) in [5.74, 6) is 0.133. The summed E-state index contributed by atoms with van der Waals surface area (Å²) < 4.78 is 10.9. The molecule has 20 heavy (non-hydrogen) atoms. The SMILES string of the molecule is COC1CCC(C(=O)N2CCc3ccccc3C2)OC1. The molecule has 0 aromatic heterocycles. The molecule has 108 valence electrons. The molecule has 3 rings (SSSR count). The molecule has 2 unspecified atom stereocenters. The second-order valence-electron chi connectivity index (χ2n) is 5.54. The van der Waals surface area contributed by atoms with Crippen molar-refractivity contribution >= 4 is 5.91 Å². The van der Waals surface area contributed by atoms with Crippen molar-refractivity contribution in [3.05, 3.63) is 35.4 Å². The zero-order chi connectivity index (χ0) is 13.9. The number of amides is 1. The maximum absolute atomic E-state index is 12.5. The van der Waals surface area contributed by atoms with Gasteiger partial charge in [-0.3, -0.25) is 4.79 Å². The fourth-order valence-corrected chi connectivity index (χ4v) is 3.00. The number of benzene rings is 1. The Morgan fingerprint density at radius 2 is 2.10 bits per heavy atom. The number of nitrogens with zero attached hydrogens (tertiary/aromatic N) is 1. The van der Waals surface area contributed by atoms with Crippen molar-refractivity contribution in [2.45, 2.75) is 38.0 Å². The Bertz CT molecular complexity index is 480. The lowest BCUT2D eigenvalue weighted by Crippen LogP contribution is -2.46. The monoisotopic (exact) mass is 275 g/mol. The van der Waals surface area contributed by atoms with E-state index >= 15 is 0 Å². The first-order valence-corrected chi connectivity index (χ1v) is 7.28. The van der Waals surface area contributed by atoms with Gasteiger partial charge in [0.2, 0.25) is 0 Å². The molecule has 2 atom stereocenters. The predicted octanol–water partition coefficient (Wildman–Crippen LogP) is 1.77. The smallest absolute Gasteiger partial charge is 0.252 e. The first kappa shape index (κ1) is 13.6. The Kier molecular flexibility index (Phi) is 4.03. The Morgan fingerprint density at radius 1 is 1.30 bits per heavy atom. The van der Waals surface area contributed by atoms with E-state index in [4.69, 9.17) is 9.47 Å². The average molecular weight is 275 g/mol. The summed E-state index contributed by atoms with van der Waals surface area (Å²) in [5.41, 5.74) is 2.62. The number of ether oxygens (including phenoxy) is 2. The number of hydrogen-bond donors (Lipinski definition) is 0. The maximum atomic E-state index is 12.5. The number of hydrogen-bond acceptors (Lipinski definition) is 3. The molecule has 1 aromatic carbocycles. The summed E-state index contributed by atoms with van der Waals surface area (Å²) in [6.07, 6.45) is 2.45. The van der Waals surface area contributed by atoms with Gasteiger partial charge in [0.1, 0.15) is 6.10 Å². The molecule has 1 fully saturated rings. The number of fused-ring (bicyclic) bond motifs is 1. The zero-order valence-corrected chi connectivity index (χ0v) is 11.9. The van der Waals surface area contributed by atoms with Crippen LogP contribution < -0.4 is 0 Å². The lowest BCUT2D eigenvalue weighted by Gasteiger charge is -2.34. The second-order valence-corrected chi connectivity index (χ2v) is 5.54. The minimum absolute atomic E-state index is 0.133. The quantitative estimate of drug-likeness (QED) is 0.825. The van der Waals surface area contributed by atoms with Gasteiger partial charge in [0, 0.05) is 20.2 Å². The van der Waals surface area contributed by atoms with Gasteiger partial charge < -0.3 is 14.4 Å². The zero-order valence-electron chi connectivity index (χ0n) is 11.9. The van der Waals surface area contributed by atoms with Crippen LogP contribution in [0.3, 0.4) is 0 Å². The van der Waals surface area contributed by atoms with E-state index < -0.39 is 0 Å². The minimum atomic E-state index is -0.285. The largest absolute Gasteiger partial charge is 0.379 e. The van der Waals surface area contributed by atoms with E-state index in [9.17, 15) is 4.79 Å². The van der Waals surface area contributed by atoms with Crippen LogP contribution >= 0.6 is 0 Å². The Balaban J connectivity index is 1.62. The van der Waals surface area contributed by atoms with Crippen molar-refractivity contribution in [2.24, 2.45) is 0 Å². The van der Waals surface area contributed by atoms with Crippen LogP contribution in [0, 0.1) is 0 Å². The van der Waals surface area contributed by atoms with Gasteiger partial charge in [-0.2, -0.15) is 0 Å². The standard InChI is InChI=1S/C16H21NO3/c1-19-14-6-7-15(20-11-14)16(18)17-9-8-12-4-2-3-5-13(12)10-17/h2-5,14-15H,6-11H2,1H3. The molecule has 1 aromatic rings. The van der Waals surface area contributed by atoms with Crippen LogP contribution in [0.1, 0.15) is 24.0 Å². The Labute approximate surface area is 119 Å². The third-order valence-electron chi connectivity index (χ3n) is 4.29. The lowest BCUT2D eigenvalue weighted by atomic mass is 9.98. The summed E-state index contributed by atoms with van der Waals surface area (Å²) in [6.45, 7) is 2.03. The molecule has 0 bridgehead atoms. The van der Waals surface area contributed by atoms with E-state index in [0.717, 1.165) is 25.8 Å². The molecule has 0 spiro atoms. The molecule has 2 aliphatic heterocycles. The molecule has 1 amide bonds. The predicted molar refractivity (Wildman–Crippen MR) is 75.3 cm³/mol. The topological polar surface area (TPSA) is 38.8 Å². The highest BCUT2D eigenvalue weighted by molar-refractivity contribution is 5.81. The van der Waals surface area contributed by atoms with Gasteiger partial charge in [-0.1, -0.05) is 24.3 Å². The Morgan fingerprint density at radius 3 is 2.80 bits per heavy atom. The molecule has 2 aliphatic rings. The molecule has 0 radical (unpaired) electrons. The third kappa shape index (κ3) is 2.72. The number of carbonyl (C=O) groups is 1. The molecular weight excluding hydrogens is 254 g/mol. The normalized spacial score (nSPS) is 26.1. The van der Waals surface area contributed by atoms with Gasteiger partial charge in [-0.25, -0.2) is 0 Å². The van der Waals surface area contributed by atoms with Crippen molar-refractivity contribution in [1.82, 2.24) is 4.90 Å². The van der Waals surface area contributed by atoms with Crippen LogP contribution in [-0.2, 0) is 27.2 Å². The molecule has 2 heterocycles. The summed E-state index contributed by atoms with van der Waals surface area (Å²) in [5, 5.41) is 0. The van der Waals surface area contributed by atoms with Gasteiger partial charge in [-0.05, 0) is 30.4 Å². The molecular formula is C16H21NO3. The lowest BCUT2D eigenvalue weighted by molar-refractivity contribution is -0.153. The van der Waals surface area contributed by atoms with Crippen LogP contribution in [0.5, 0.6) is 0 Å². The number of methoxy groups -OCH3 is 1. The van der Waals surface area contributed by atoms with Crippen LogP contribution in [-0.4, -0.2) is 43.3 Å². The van der Waals surface area contributed by atoms with Gasteiger partial charge >= 0.3 is 0 Å². The van der Waals surface area contributed by atoms with Crippen molar-refractivity contribution in [3.8, 4) is 0 Å². The van der Waals surface area contributed by atoms with Crippen molar-refractivity contribution in [3.63, 3.8) is 0 Å². The van der Waals surface area contributed by atoms with Crippen LogP contribution in [0.4, 0.5) is 0 Å². The van der Waals surface area contributed by atoms with Gasteiger partial charge in [0.15, 0.2) is 0 Å². The van der Waals surface area contributed by atoms with E-state index in [-0.39, 0.29) is 18.1 Å². The molecule has 4 nitrogen and oxygen atoms in total. The van der Waals surface area contributed by atoms with Gasteiger partial charge in [0.25, 0.3) is 5.91 Å². The van der Waals surface area contributed by atoms with Gasteiger partial charge in [-0.15, -0.1) is 0 Å². The summed E-state index contributed by atoms with van der Waals surface area (Å²) >= 11 is 0. The molecule has 0 N–H and O–H groups in total. The fraction of sp³-hybridized carbons (Fsp3) is 0.562. The maximum Gasteiger partial charge on any atom is 0.252 e. The van der Waals surface area contributed by atoms with E-state index in [1.54, 1.807) is 7.11 Å². The van der Waals surface area contributed by atoms with Crippen LogP contribution in [0.15, 0.2) is 24.3 Å².